The number of Topliss-reactive ketones (excluding diaryl/α,β-unsaturated/α-hetero) is 1. The van der Waals surface area contributed by atoms with Gasteiger partial charge in [-0.1, -0.05) is 68.4 Å². The Labute approximate surface area is 381 Å². The van der Waals surface area contributed by atoms with Crippen LogP contribution in [-0.4, -0.2) is 100 Å². The van der Waals surface area contributed by atoms with Crippen molar-refractivity contribution >= 4 is 17.8 Å². The first-order chi connectivity index (χ1) is 27.7. The van der Waals surface area contributed by atoms with E-state index in [0.717, 1.165) is 6.42 Å². The summed E-state index contributed by atoms with van der Waals surface area (Å²) in [7, 11) is 0. The molecule has 0 aromatic heterocycles. The van der Waals surface area contributed by atoms with E-state index < -0.39 is 95.1 Å². The van der Waals surface area contributed by atoms with E-state index in [1.54, 1.807) is 6.92 Å². The Balaban J connectivity index is 0.00000794. The Bertz CT molecular complexity index is 1500. The van der Waals surface area contributed by atoms with Crippen LogP contribution in [0.3, 0.4) is 0 Å². The molecule has 4 saturated heterocycles. The zero-order valence-electron chi connectivity index (χ0n) is 38.7. The first-order valence-corrected chi connectivity index (χ1v) is 22.9. The Morgan fingerprint density at radius 3 is 2.20 bits per heavy atom. The molecule has 5 aliphatic heterocycles. The van der Waals surface area contributed by atoms with Gasteiger partial charge in [-0.15, -0.1) is 0 Å². The number of amides is 1. The van der Waals surface area contributed by atoms with Crippen molar-refractivity contribution in [3.63, 3.8) is 0 Å². The van der Waals surface area contributed by atoms with Gasteiger partial charge in [0, 0.05) is 42.0 Å². The molecule has 338 valence electrons. The minimum absolute atomic E-state index is 0. The van der Waals surface area contributed by atoms with Gasteiger partial charge in [0.25, 0.3) is 0 Å². The first-order valence-electron chi connectivity index (χ1n) is 22.9. The summed E-state index contributed by atoms with van der Waals surface area (Å²) in [6.07, 6.45) is 6.24. The fraction of sp³-hybridized carbons (Fsp3) is 0.891. The Morgan fingerprint density at radius 1 is 0.917 bits per heavy atom. The molecule has 60 heavy (non-hydrogen) atoms. The molecule has 1 amide bonds. The summed E-state index contributed by atoms with van der Waals surface area (Å²) >= 11 is 0. The van der Waals surface area contributed by atoms with E-state index in [-0.39, 0.29) is 65.8 Å². The number of nitrogens with one attached hydrogen (secondary N) is 1. The number of aliphatic hydroxyl groups is 2. The molecule has 5 rings (SSSR count). The van der Waals surface area contributed by atoms with Gasteiger partial charge in [0.05, 0.1) is 54.4 Å². The molecule has 3 N–H and O–H groups in total. The van der Waals surface area contributed by atoms with Gasteiger partial charge in [0.2, 0.25) is 0 Å². The van der Waals surface area contributed by atoms with E-state index in [1.807, 2.05) is 67.5 Å². The number of rotatable bonds is 15. The number of carboxylic acids is 1. The van der Waals surface area contributed by atoms with E-state index >= 15 is 0 Å². The molecule has 5 aliphatic rings. The quantitative estimate of drug-likeness (QED) is 0.162. The summed E-state index contributed by atoms with van der Waals surface area (Å²) in [6, 6.07) is -0.717. The fourth-order valence-electron chi connectivity index (χ4n) is 11.0. The molecular formula is C46H76NNaO12. The van der Waals surface area contributed by atoms with Gasteiger partial charge >= 0.3 is 35.7 Å². The van der Waals surface area contributed by atoms with Crippen molar-refractivity contribution in [3.8, 4) is 0 Å². The molecule has 0 bridgehead atoms. The summed E-state index contributed by atoms with van der Waals surface area (Å²) in [5.41, 5.74) is -1.72. The van der Waals surface area contributed by atoms with Gasteiger partial charge in [-0.3, -0.25) is 4.79 Å². The van der Waals surface area contributed by atoms with Gasteiger partial charge in [0.15, 0.2) is 11.6 Å². The summed E-state index contributed by atoms with van der Waals surface area (Å²) in [6.45, 7) is 21.7. The number of carbonyl (C=O) groups is 3. The third-order valence-corrected chi connectivity index (χ3v) is 15.2. The van der Waals surface area contributed by atoms with Crippen LogP contribution in [-0.2, 0) is 38.0 Å². The number of aliphatic carboxylic acids is 1. The molecule has 0 saturated carbocycles. The number of ether oxygens (including phenoxy) is 6. The number of carbonyl (C=O) groups excluding carboxylic acids is 3. The van der Waals surface area contributed by atoms with E-state index in [0.29, 0.717) is 64.2 Å². The molecule has 0 radical (unpaired) electrons. The number of alkyl carbamates (subject to hydrolysis) is 1. The van der Waals surface area contributed by atoms with Crippen molar-refractivity contribution in [3.05, 3.63) is 12.2 Å². The molecule has 0 aliphatic carbocycles. The molecule has 2 spiro atoms. The van der Waals surface area contributed by atoms with Gasteiger partial charge in [-0.2, -0.15) is 0 Å². The number of hydrogen-bond acceptors (Lipinski definition) is 12. The number of hydrogen-bond donors (Lipinski definition) is 3. The Hall–Kier alpha value is -1.13. The van der Waals surface area contributed by atoms with Crippen LogP contribution in [0.1, 0.15) is 147 Å². The third-order valence-electron chi connectivity index (χ3n) is 15.2. The second-order valence-corrected chi connectivity index (χ2v) is 19.2. The van der Waals surface area contributed by atoms with Crippen LogP contribution >= 0.6 is 0 Å². The maximum Gasteiger partial charge on any atom is 1.00 e. The maximum atomic E-state index is 14.6. The molecule has 13 nitrogen and oxygen atoms in total. The van der Waals surface area contributed by atoms with Crippen LogP contribution < -0.4 is 40.0 Å². The van der Waals surface area contributed by atoms with Crippen molar-refractivity contribution in [2.45, 2.75) is 212 Å². The molecule has 0 aromatic rings. The molecule has 14 heteroatoms. The summed E-state index contributed by atoms with van der Waals surface area (Å²) < 4.78 is 39.7. The number of ketones is 1. The average Bonchev–Trinajstić information content (AvgIpc) is 3.54. The van der Waals surface area contributed by atoms with Gasteiger partial charge < -0.3 is 53.9 Å². The van der Waals surface area contributed by atoms with E-state index in [4.69, 9.17) is 28.4 Å². The van der Waals surface area contributed by atoms with E-state index in [9.17, 15) is 29.7 Å². The minimum Gasteiger partial charge on any atom is -0.550 e. The minimum atomic E-state index is -1.36. The van der Waals surface area contributed by atoms with Crippen LogP contribution in [0.25, 0.3) is 0 Å². The van der Waals surface area contributed by atoms with Crippen molar-refractivity contribution in [1.82, 2.24) is 5.32 Å². The Kier molecular flexibility index (Phi) is 17.9. The zero-order chi connectivity index (χ0) is 43.7. The Morgan fingerprint density at radius 2 is 1.60 bits per heavy atom. The smallest absolute Gasteiger partial charge is 0.550 e. The summed E-state index contributed by atoms with van der Waals surface area (Å²) in [5.74, 6) is -6.48. The topological polar surface area (TPSA) is 182 Å². The van der Waals surface area contributed by atoms with Crippen LogP contribution in [0.4, 0.5) is 4.79 Å². The molecular weight excluding hydrogens is 781 g/mol. The maximum absolute atomic E-state index is 14.6. The van der Waals surface area contributed by atoms with E-state index in [1.165, 1.54) is 0 Å². The van der Waals surface area contributed by atoms with Crippen molar-refractivity contribution in [1.29, 1.82) is 0 Å². The van der Waals surface area contributed by atoms with Crippen LogP contribution in [0.5, 0.6) is 0 Å². The van der Waals surface area contributed by atoms with Crippen LogP contribution in [0.2, 0.25) is 0 Å². The van der Waals surface area contributed by atoms with Gasteiger partial charge in [-0.05, 0) is 96.0 Å². The zero-order valence-corrected chi connectivity index (χ0v) is 40.7. The second-order valence-electron chi connectivity index (χ2n) is 19.2. The summed E-state index contributed by atoms with van der Waals surface area (Å²) in [4.78, 5) is 39.6. The monoisotopic (exact) mass is 858 g/mol. The average molecular weight is 858 g/mol. The standard InChI is InChI=1S/C46H77NO12.Na/c1-12-24-54-42(52)47-35-18-21-45(59-46(35)23-22-43(11,58-46)36-19-20-44(53,15-4)31(10)55-36)28(7)25-27(6)40(57-45)33(14-3)38(49)29(8)37(48)30(9)39-26(5)16-17-34(56-39)32(13-2)41(50)51;/h18,21,26-37,39-40,48,53H,12-17,19-20,22-25H2,1-11H3,(H,47,52)(H,50,51);/q;+1/p-1/t26-,27-,28+,29-,30-,31-,32+,33-,34+,35-,36+,37+,39+,40-,43-,44+,45-,46-;/m0./s1. The first kappa shape index (κ1) is 51.5. The van der Waals surface area contributed by atoms with Crippen LogP contribution in [0, 0.1) is 41.4 Å². The molecule has 0 unspecified atom stereocenters. The van der Waals surface area contributed by atoms with Gasteiger partial charge in [-0.25, -0.2) is 4.79 Å². The molecule has 5 heterocycles. The largest absolute Gasteiger partial charge is 1.00 e. The van der Waals surface area contributed by atoms with Crippen molar-refractivity contribution in [2.24, 2.45) is 41.4 Å². The fourth-order valence-corrected chi connectivity index (χ4v) is 11.0. The van der Waals surface area contributed by atoms with E-state index in [2.05, 4.69) is 19.2 Å². The third kappa shape index (κ3) is 10.4. The van der Waals surface area contributed by atoms with Crippen molar-refractivity contribution < 1.29 is 87.7 Å². The number of carboxylic acid groups (broad SMARTS) is 1. The SMILES string of the molecule is CCCOC(=O)N[C@H]1C=C[C@]2(O[C@H]([C@@H](CC)C(=O)[C@@H](C)[C@@H](O)[C@H](C)[C@@H]3O[C@@H]([C@@H](CC)C(=O)[O-])CC[C@@H]3C)[C@@H](C)C[C@H]2C)O[C@@]12CC[C@@](C)([C@H]1CC[C@](O)(CC)[C@H](C)O1)O2.[Na+]. The summed E-state index contributed by atoms with van der Waals surface area (Å²) in [5, 5.41) is 37.9. The second kappa shape index (κ2) is 20.8. The number of aliphatic hydroxyl groups excluding tert-OH is 1. The van der Waals surface area contributed by atoms with Gasteiger partial charge in [0.1, 0.15) is 11.8 Å². The van der Waals surface area contributed by atoms with Crippen molar-refractivity contribution in [2.75, 3.05) is 6.61 Å². The van der Waals surface area contributed by atoms with Crippen LogP contribution in [0.15, 0.2) is 12.2 Å². The molecule has 18 atom stereocenters. The predicted octanol–water partition coefficient (Wildman–Crippen LogP) is 3.00. The molecule has 0 aromatic carbocycles. The predicted molar refractivity (Wildman–Crippen MR) is 219 cm³/mol. The normalized spacial score (nSPS) is 41.8. The molecule has 4 fully saturated rings.